The van der Waals surface area contributed by atoms with Gasteiger partial charge in [-0.3, -0.25) is 9.69 Å². The summed E-state index contributed by atoms with van der Waals surface area (Å²) in [6.45, 7) is 4.26. The minimum absolute atomic E-state index is 0.239. The average molecular weight is 368 g/mol. The molecule has 0 radical (unpaired) electrons. The second kappa shape index (κ2) is 5.61. The van der Waals surface area contributed by atoms with Gasteiger partial charge in [-0.15, -0.1) is 0 Å². The number of aliphatic hydroxyl groups is 2. The lowest BCUT2D eigenvalue weighted by atomic mass is 9.97. The molecule has 134 valence electrons. The van der Waals surface area contributed by atoms with E-state index in [1.807, 2.05) is 38.1 Å². The van der Waals surface area contributed by atoms with Gasteiger partial charge >= 0.3 is 0 Å². The summed E-state index contributed by atoms with van der Waals surface area (Å²) in [6, 6.07) is 14.3. The Morgan fingerprint density at radius 1 is 1.04 bits per heavy atom. The summed E-state index contributed by atoms with van der Waals surface area (Å²) in [5, 5.41) is 23.6. The lowest BCUT2D eigenvalue weighted by Gasteiger charge is -2.37. The Morgan fingerprint density at radius 3 is 2.35 bits per heavy atom. The highest BCUT2D eigenvalue weighted by Gasteiger charge is 2.74. The van der Waals surface area contributed by atoms with E-state index >= 15 is 0 Å². The second-order valence-electron chi connectivity index (χ2n) is 6.82. The molecule has 1 aliphatic carbocycles. The molecule has 26 heavy (non-hydrogen) atoms. The minimum atomic E-state index is -2.14. The van der Waals surface area contributed by atoms with E-state index < -0.39 is 17.2 Å². The van der Waals surface area contributed by atoms with Crippen molar-refractivity contribution in [2.75, 3.05) is 11.4 Å². The Morgan fingerprint density at radius 2 is 1.69 bits per heavy atom. The van der Waals surface area contributed by atoms with E-state index in [4.69, 9.17) is 12.2 Å². The number of anilines is 1. The topological polar surface area (TPSA) is 64.0 Å². The Labute approximate surface area is 157 Å². The van der Waals surface area contributed by atoms with Gasteiger partial charge in [-0.1, -0.05) is 48.9 Å². The quantitative estimate of drug-likeness (QED) is 0.812. The lowest BCUT2D eigenvalue weighted by molar-refractivity contribution is -0.153. The molecule has 0 spiro atoms. The molecule has 2 N–H and O–H groups in total. The predicted molar refractivity (Wildman–Crippen MR) is 103 cm³/mol. The van der Waals surface area contributed by atoms with Crippen LogP contribution >= 0.6 is 12.2 Å². The molecule has 4 rings (SSSR count). The molecule has 0 unspecified atom stereocenters. The van der Waals surface area contributed by atoms with E-state index in [0.29, 0.717) is 29.8 Å². The molecule has 1 heterocycles. The van der Waals surface area contributed by atoms with Gasteiger partial charge in [0.25, 0.3) is 5.72 Å². The van der Waals surface area contributed by atoms with Crippen LogP contribution in [0.25, 0.3) is 0 Å². The van der Waals surface area contributed by atoms with Crippen LogP contribution in [0.4, 0.5) is 5.69 Å². The number of hydrogen-bond donors (Lipinski definition) is 2. The molecule has 2 aliphatic rings. The zero-order valence-corrected chi connectivity index (χ0v) is 15.5. The fourth-order valence-corrected chi connectivity index (χ4v) is 4.44. The molecule has 0 aromatic heterocycles. The molecule has 0 amide bonds. The van der Waals surface area contributed by atoms with E-state index in [1.165, 1.54) is 9.80 Å². The third-order valence-corrected chi connectivity index (χ3v) is 5.63. The van der Waals surface area contributed by atoms with Gasteiger partial charge in [0.1, 0.15) is 0 Å². The molecule has 6 heteroatoms. The standard InChI is InChI=1S/C20H20N2O3S/c1-3-12-21-18(26)22(14-10-8-13(2)9-11-14)19(24)16-7-5-4-6-15(16)17(23)20(19,21)25/h4-11,24-25H,3,12H2,1-2H3/t19-,20+/m0/s1. The summed E-state index contributed by atoms with van der Waals surface area (Å²) >= 11 is 5.60. The van der Waals surface area contributed by atoms with Crippen LogP contribution in [0.3, 0.4) is 0 Å². The van der Waals surface area contributed by atoms with Crippen molar-refractivity contribution in [2.45, 2.75) is 31.7 Å². The van der Waals surface area contributed by atoms with Crippen LogP contribution in [0.15, 0.2) is 48.5 Å². The first-order chi connectivity index (χ1) is 12.4. The van der Waals surface area contributed by atoms with Gasteiger partial charge in [-0.25, -0.2) is 0 Å². The molecular formula is C20H20N2O3S. The number of aryl methyl sites for hydroxylation is 1. The maximum absolute atomic E-state index is 13.1. The van der Waals surface area contributed by atoms with Gasteiger partial charge in [0.15, 0.2) is 5.11 Å². The number of fused-ring (bicyclic) bond motifs is 3. The van der Waals surface area contributed by atoms with E-state index in [9.17, 15) is 15.0 Å². The molecule has 2 aromatic rings. The normalized spacial score (nSPS) is 27.1. The van der Waals surface area contributed by atoms with Crippen LogP contribution in [0.1, 0.15) is 34.8 Å². The number of hydrogen-bond acceptors (Lipinski definition) is 4. The highest BCUT2D eigenvalue weighted by molar-refractivity contribution is 7.80. The molecular weight excluding hydrogens is 348 g/mol. The maximum atomic E-state index is 13.1. The summed E-state index contributed by atoms with van der Waals surface area (Å²) in [5.41, 5.74) is -1.73. The van der Waals surface area contributed by atoms with Crippen LogP contribution in [-0.4, -0.2) is 38.3 Å². The summed E-state index contributed by atoms with van der Waals surface area (Å²) in [7, 11) is 0. The van der Waals surface area contributed by atoms with E-state index in [0.717, 1.165) is 5.56 Å². The van der Waals surface area contributed by atoms with Crippen LogP contribution in [0.2, 0.25) is 0 Å². The van der Waals surface area contributed by atoms with Crippen molar-refractivity contribution in [1.29, 1.82) is 0 Å². The van der Waals surface area contributed by atoms with E-state index in [2.05, 4.69) is 0 Å². The monoisotopic (exact) mass is 368 g/mol. The number of carbonyl (C=O) groups excluding carboxylic acids is 1. The minimum Gasteiger partial charge on any atom is -0.362 e. The smallest absolute Gasteiger partial charge is 0.259 e. The fourth-order valence-electron chi connectivity index (χ4n) is 3.98. The van der Waals surface area contributed by atoms with E-state index in [-0.39, 0.29) is 5.11 Å². The van der Waals surface area contributed by atoms with Crippen molar-refractivity contribution in [3.05, 3.63) is 65.2 Å². The molecule has 1 fully saturated rings. The zero-order chi connectivity index (χ0) is 18.7. The molecule has 0 saturated carbocycles. The van der Waals surface area contributed by atoms with Crippen molar-refractivity contribution >= 4 is 28.8 Å². The molecule has 2 aromatic carbocycles. The van der Waals surface area contributed by atoms with Crippen LogP contribution in [-0.2, 0) is 5.72 Å². The highest BCUT2D eigenvalue weighted by atomic mass is 32.1. The fraction of sp³-hybridized carbons (Fsp3) is 0.300. The zero-order valence-electron chi connectivity index (χ0n) is 14.6. The number of Topliss-reactive ketones (excluding diaryl/α,β-unsaturated/α-hetero) is 1. The Kier molecular flexibility index (Phi) is 3.70. The first kappa shape index (κ1) is 17.1. The average Bonchev–Trinajstić information content (AvgIpc) is 2.92. The van der Waals surface area contributed by atoms with Gasteiger partial charge in [0, 0.05) is 23.4 Å². The third kappa shape index (κ3) is 1.86. The van der Waals surface area contributed by atoms with Crippen LogP contribution < -0.4 is 4.90 Å². The summed E-state index contributed by atoms with van der Waals surface area (Å²) < 4.78 is 0. The summed E-state index contributed by atoms with van der Waals surface area (Å²) in [4.78, 5) is 16.1. The Hall–Kier alpha value is -2.28. The van der Waals surface area contributed by atoms with Gasteiger partial charge in [-0.05, 0) is 37.7 Å². The number of benzene rings is 2. The predicted octanol–water partition coefficient (Wildman–Crippen LogP) is 2.54. The van der Waals surface area contributed by atoms with Crippen molar-refractivity contribution in [3.63, 3.8) is 0 Å². The molecule has 5 nitrogen and oxygen atoms in total. The molecule has 2 atom stereocenters. The number of carbonyl (C=O) groups is 1. The maximum Gasteiger partial charge on any atom is 0.259 e. The summed E-state index contributed by atoms with van der Waals surface area (Å²) in [5.74, 6) is -0.527. The number of ketones is 1. The number of thiocarbonyl (C=S) groups is 1. The highest BCUT2D eigenvalue weighted by Crippen LogP contribution is 2.54. The number of rotatable bonds is 3. The van der Waals surface area contributed by atoms with E-state index in [1.54, 1.807) is 24.3 Å². The van der Waals surface area contributed by atoms with Crippen molar-refractivity contribution in [3.8, 4) is 0 Å². The van der Waals surface area contributed by atoms with Gasteiger partial charge in [0.2, 0.25) is 11.5 Å². The van der Waals surface area contributed by atoms with Crippen molar-refractivity contribution < 1.29 is 15.0 Å². The SMILES string of the molecule is CCCN1C(=S)N(c2ccc(C)cc2)[C@]2(O)c3ccccc3C(=O)[C@]12O. The first-order valence-corrected chi connectivity index (χ1v) is 9.05. The van der Waals surface area contributed by atoms with Gasteiger partial charge < -0.3 is 15.1 Å². The largest absolute Gasteiger partial charge is 0.362 e. The third-order valence-electron chi connectivity index (χ3n) is 5.23. The Balaban J connectivity index is 2.00. The Bertz CT molecular complexity index is 914. The summed E-state index contributed by atoms with van der Waals surface area (Å²) in [6.07, 6.45) is 0.671. The molecule has 1 saturated heterocycles. The first-order valence-electron chi connectivity index (χ1n) is 8.65. The lowest BCUT2D eigenvalue weighted by Crippen LogP contribution is -2.60. The number of nitrogens with zero attached hydrogens (tertiary/aromatic N) is 2. The van der Waals surface area contributed by atoms with Gasteiger partial charge in [0.05, 0.1) is 0 Å². The van der Waals surface area contributed by atoms with Crippen molar-refractivity contribution in [2.24, 2.45) is 0 Å². The molecule has 0 bridgehead atoms. The molecule has 1 aliphatic heterocycles. The van der Waals surface area contributed by atoms with Crippen LogP contribution in [0, 0.1) is 6.92 Å². The van der Waals surface area contributed by atoms with Gasteiger partial charge in [-0.2, -0.15) is 0 Å². The van der Waals surface area contributed by atoms with Crippen molar-refractivity contribution in [1.82, 2.24) is 4.90 Å². The van der Waals surface area contributed by atoms with Crippen LogP contribution in [0.5, 0.6) is 0 Å². The second-order valence-corrected chi connectivity index (χ2v) is 7.19.